The van der Waals surface area contributed by atoms with Crippen LogP contribution >= 0.6 is 0 Å². The van der Waals surface area contributed by atoms with Crippen molar-refractivity contribution < 1.29 is 13.9 Å². The number of methoxy groups -OCH3 is 1. The van der Waals surface area contributed by atoms with Gasteiger partial charge in [0.2, 0.25) is 0 Å². The van der Waals surface area contributed by atoms with E-state index in [1.165, 1.54) is 0 Å². The zero-order chi connectivity index (χ0) is 24.9. The van der Waals surface area contributed by atoms with Crippen molar-refractivity contribution in [3.05, 3.63) is 86.5 Å². The lowest BCUT2D eigenvalue weighted by atomic mass is 9.98. The van der Waals surface area contributed by atoms with E-state index >= 15 is 0 Å². The molecule has 0 fully saturated rings. The molecule has 2 heterocycles. The molecule has 0 saturated heterocycles. The number of aromatic amines is 1. The summed E-state index contributed by atoms with van der Waals surface area (Å²) in [6, 6.07) is 9.49. The first-order valence-electron chi connectivity index (χ1n) is 11.3. The van der Waals surface area contributed by atoms with E-state index in [2.05, 4.69) is 33.5 Å². The Morgan fingerprint density at radius 1 is 1.21 bits per heavy atom. The summed E-state index contributed by atoms with van der Waals surface area (Å²) in [5.41, 5.74) is 3.80. The summed E-state index contributed by atoms with van der Waals surface area (Å²) in [7, 11) is 1.57. The van der Waals surface area contributed by atoms with Crippen molar-refractivity contribution in [2.75, 3.05) is 7.11 Å². The van der Waals surface area contributed by atoms with Gasteiger partial charge in [0.05, 0.1) is 31.7 Å². The maximum absolute atomic E-state index is 13.1. The highest BCUT2D eigenvalue weighted by Crippen LogP contribution is 2.17. The third-order valence-corrected chi connectivity index (χ3v) is 5.34. The first kappa shape index (κ1) is 25.2. The third kappa shape index (κ3) is 6.81. The number of furan rings is 1. The van der Waals surface area contributed by atoms with E-state index in [0.717, 1.165) is 16.7 Å². The van der Waals surface area contributed by atoms with Crippen LogP contribution in [0.3, 0.4) is 0 Å². The van der Waals surface area contributed by atoms with E-state index in [9.17, 15) is 9.59 Å². The zero-order valence-electron chi connectivity index (χ0n) is 20.8. The van der Waals surface area contributed by atoms with Gasteiger partial charge in [-0.3, -0.25) is 4.79 Å². The van der Waals surface area contributed by atoms with Crippen molar-refractivity contribution in [2.24, 2.45) is 0 Å². The molecule has 34 heavy (non-hydrogen) atoms. The van der Waals surface area contributed by atoms with Crippen LogP contribution in [0.1, 0.15) is 60.3 Å². The molecule has 3 rings (SSSR count). The number of benzene rings is 1. The van der Waals surface area contributed by atoms with Crippen LogP contribution in [-0.2, 0) is 30.9 Å². The molecule has 2 amide bonds. The van der Waals surface area contributed by atoms with Gasteiger partial charge in [0, 0.05) is 24.6 Å². The van der Waals surface area contributed by atoms with Crippen LogP contribution in [0.25, 0.3) is 0 Å². The standard InChI is InChI=1S/C26H34N4O4/c1-17-9-10-18(2)19(12-17)13-21-22(16-33-6)27-23(28-24(21)31)15-30(14-20-8-7-11-34-20)25(32)29-26(3,4)5/h7-12H,13-16H2,1-6H3,(H,29,32)(H,27,28,31). The molecule has 0 radical (unpaired) electrons. The maximum atomic E-state index is 13.1. The summed E-state index contributed by atoms with van der Waals surface area (Å²) in [5, 5.41) is 2.96. The second-order valence-electron chi connectivity index (χ2n) is 9.59. The molecule has 0 spiro atoms. The summed E-state index contributed by atoms with van der Waals surface area (Å²) >= 11 is 0. The minimum absolute atomic E-state index is 0.109. The van der Waals surface area contributed by atoms with E-state index in [0.29, 0.717) is 29.3 Å². The average molecular weight is 467 g/mol. The number of urea groups is 1. The molecular formula is C26H34N4O4. The lowest BCUT2D eigenvalue weighted by Gasteiger charge is -2.28. The first-order valence-corrected chi connectivity index (χ1v) is 11.3. The Morgan fingerprint density at radius 3 is 2.62 bits per heavy atom. The molecule has 2 aromatic heterocycles. The number of carbonyl (C=O) groups is 1. The number of nitrogens with one attached hydrogen (secondary N) is 2. The molecule has 8 nitrogen and oxygen atoms in total. The number of nitrogens with zero attached hydrogens (tertiary/aromatic N) is 2. The Kier molecular flexibility index (Phi) is 7.94. The van der Waals surface area contributed by atoms with Gasteiger partial charge in [-0.05, 0) is 57.9 Å². The minimum Gasteiger partial charge on any atom is -0.467 e. The summed E-state index contributed by atoms with van der Waals surface area (Å²) in [5.74, 6) is 1.02. The Bertz CT molecular complexity index is 1180. The fourth-order valence-electron chi connectivity index (χ4n) is 3.66. The van der Waals surface area contributed by atoms with Gasteiger partial charge in [-0.15, -0.1) is 0 Å². The summed E-state index contributed by atoms with van der Waals surface area (Å²) in [6.45, 7) is 10.3. The van der Waals surface area contributed by atoms with Gasteiger partial charge < -0.3 is 24.4 Å². The average Bonchev–Trinajstić information content (AvgIpc) is 3.24. The molecule has 0 bridgehead atoms. The van der Waals surface area contributed by atoms with Crippen LogP contribution in [0.4, 0.5) is 4.79 Å². The number of aryl methyl sites for hydroxylation is 2. The summed E-state index contributed by atoms with van der Waals surface area (Å²) in [4.78, 5) is 35.3. The second kappa shape index (κ2) is 10.7. The van der Waals surface area contributed by atoms with Gasteiger partial charge in [-0.1, -0.05) is 23.8 Å². The van der Waals surface area contributed by atoms with E-state index in [-0.39, 0.29) is 31.3 Å². The fraction of sp³-hybridized carbons (Fsp3) is 0.423. The molecule has 1 aromatic carbocycles. The number of H-pyrrole nitrogens is 1. The van der Waals surface area contributed by atoms with Gasteiger partial charge >= 0.3 is 6.03 Å². The van der Waals surface area contributed by atoms with Gasteiger partial charge in [0.15, 0.2) is 0 Å². The van der Waals surface area contributed by atoms with Crippen LogP contribution < -0.4 is 10.9 Å². The van der Waals surface area contributed by atoms with Gasteiger partial charge in [-0.2, -0.15) is 0 Å². The Balaban J connectivity index is 1.93. The van der Waals surface area contributed by atoms with Crippen molar-refractivity contribution in [3.63, 3.8) is 0 Å². The Morgan fingerprint density at radius 2 is 1.97 bits per heavy atom. The maximum Gasteiger partial charge on any atom is 0.318 e. The van der Waals surface area contributed by atoms with Crippen LogP contribution in [-0.4, -0.2) is 33.5 Å². The third-order valence-electron chi connectivity index (χ3n) is 5.34. The number of ether oxygens (including phenoxy) is 1. The van der Waals surface area contributed by atoms with E-state index < -0.39 is 5.54 Å². The zero-order valence-corrected chi connectivity index (χ0v) is 20.8. The second-order valence-corrected chi connectivity index (χ2v) is 9.59. The molecule has 0 saturated carbocycles. The van der Waals surface area contributed by atoms with E-state index in [4.69, 9.17) is 9.15 Å². The number of amides is 2. The van der Waals surface area contributed by atoms with E-state index in [1.807, 2.05) is 34.6 Å². The molecule has 2 N–H and O–H groups in total. The SMILES string of the molecule is COCc1nc(CN(Cc2ccco2)C(=O)NC(C)(C)C)[nH]c(=O)c1Cc1cc(C)ccc1C. The smallest absolute Gasteiger partial charge is 0.318 e. The molecule has 3 aromatic rings. The Labute approximate surface area is 200 Å². The minimum atomic E-state index is -0.421. The fourth-order valence-corrected chi connectivity index (χ4v) is 3.66. The highest BCUT2D eigenvalue weighted by Gasteiger charge is 2.23. The first-order chi connectivity index (χ1) is 16.1. The summed E-state index contributed by atoms with van der Waals surface area (Å²) < 4.78 is 10.8. The van der Waals surface area contributed by atoms with Gasteiger partial charge in [0.1, 0.15) is 11.6 Å². The van der Waals surface area contributed by atoms with Crippen LogP contribution in [0.2, 0.25) is 0 Å². The number of hydrogen-bond donors (Lipinski definition) is 2. The topological polar surface area (TPSA) is 100 Å². The molecular weight excluding hydrogens is 432 g/mol. The van der Waals surface area contributed by atoms with Crippen molar-refractivity contribution >= 4 is 6.03 Å². The van der Waals surface area contributed by atoms with Crippen LogP contribution in [0, 0.1) is 13.8 Å². The largest absolute Gasteiger partial charge is 0.467 e. The van der Waals surface area contributed by atoms with Crippen molar-refractivity contribution in [3.8, 4) is 0 Å². The lowest BCUT2D eigenvalue weighted by molar-refractivity contribution is 0.174. The lowest BCUT2D eigenvalue weighted by Crippen LogP contribution is -2.48. The molecule has 0 atom stereocenters. The summed E-state index contributed by atoms with van der Waals surface area (Å²) in [6.07, 6.45) is 2.02. The predicted octanol–water partition coefficient (Wildman–Crippen LogP) is 4.23. The predicted molar refractivity (Wildman–Crippen MR) is 131 cm³/mol. The van der Waals surface area contributed by atoms with Gasteiger partial charge in [-0.25, -0.2) is 9.78 Å². The molecule has 0 aliphatic rings. The van der Waals surface area contributed by atoms with Crippen LogP contribution in [0.15, 0.2) is 45.8 Å². The Hall–Kier alpha value is -3.39. The van der Waals surface area contributed by atoms with Crippen molar-refractivity contribution in [1.29, 1.82) is 0 Å². The van der Waals surface area contributed by atoms with Crippen LogP contribution in [0.5, 0.6) is 0 Å². The molecule has 0 aliphatic heterocycles. The molecule has 0 unspecified atom stereocenters. The van der Waals surface area contributed by atoms with Crippen molar-refractivity contribution in [1.82, 2.24) is 20.2 Å². The number of aromatic nitrogens is 2. The monoisotopic (exact) mass is 466 g/mol. The molecule has 8 heteroatoms. The van der Waals surface area contributed by atoms with Crippen molar-refractivity contribution in [2.45, 2.75) is 66.3 Å². The number of carbonyl (C=O) groups excluding carboxylic acids is 1. The normalized spacial score (nSPS) is 11.5. The highest BCUT2D eigenvalue weighted by atomic mass is 16.5. The number of rotatable bonds is 8. The molecule has 182 valence electrons. The van der Waals surface area contributed by atoms with E-state index in [1.54, 1.807) is 30.4 Å². The highest BCUT2D eigenvalue weighted by molar-refractivity contribution is 5.74. The molecule has 0 aliphatic carbocycles. The quantitative estimate of drug-likeness (QED) is 0.518. The van der Waals surface area contributed by atoms with Gasteiger partial charge in [0.25, 0.3) is 5.56 Å². The number of hydrogen-bond acceptors (Lipinski definition) is 5.